The lowest BCUT2D eigenvalue weighted by molar-refractivity contribution is -0.114. The van der Waals surface area contributed by atoms with Crippen LogP contribution in [0.5, 0.6) is 5.88 Å². The van der Waals surface area contributed by atoms with E-state index in [1.807, 2.05) is 0 Å². The van der Waals surface area contributed by atoms with Gasteiger partial charge in [0.2, 0.25) is 11.8 Å². The molecule has 1 rings (SSSR count). The molecule has 0 aliphatic rings. The Morgan fingerprint density at radius 1 is 1.56 bits per heavy atom. The topological polar surface area (TPSA) is 122 Å². The van der Waals surface area contributed by atoms with Crippen LogP contribution in [-0.2, 0) is 4.79 Å². The Balaban J connectivity index is 2.97. The summed E-state index contributed by atoms with van der Waals surface area (Å²) < 4.78 is 9.42. The molecule has 88 valence electrons. The number of rotatable bonds is 5. The van der Waals surface area contributed by atoms with E-state index in [-0.39, 0.29) is 30.5 Å². The van der Waals surface area contributed by atoms with E-state index in [0.717, 1.165) is 0 Å². The van der Waals surface area contributed by atoms with Gasteiger partial charge in [-0.1, -0.05) is 0 Å². The number of nitrogens with one attached hydrogen (secondary N) is 1. The van der Waals surface area contributed by atoms with Crippen LogP contribution in [0, 0.1) is 0 Å². The molecule has 8 nitrogen and oxygen atoms in total. The van der Waals surface area contributed by atoms with Crippen molar-refractivity contribution in [2.45, 2.75) is 6.92 Å². The van der Waals surface area contributed by atoms with Crippen LogP contribution in [0.1, 0.15) is 17.3 Å². The van der Waals surface area contributed by atoms with Gasteiger partial charge in [-0.15, -0.1) is 0 Å². The van der Waals surface area contributed by atoms with E-state index in [1.165, 1.54) is 6.92 Å². The fraction of sp³-hybridized carbons (Fsp3) is 0.375. The second kappa shape index (κ2) is 5.12. The minimum atomic E-state index is -1.35. The van der Waals surface area contributed by atoms with Gasteiger partial charge >= 0.3 is 5.97 Å². The van der Waals surface area contributed by atoms with Crippen LogP contribution in [0.3, 0.4) is 0 Å². The van der Waals surface area contributed by atoms with Crippen molar-refractivity contribution in [3.8, 4) is 5.88 Å². The zero-order valence-electron chi connectivity index (χ0n) is 8.39. The first-order valence-corrected chi connectivity index (χ1v) is 4.30. The Hall–Kier alpha value is -2.09. The second-order valence-corrected chi connectivity index (χ2v) is 2.75. The molecule has 8 heteroatoms. The van der Waals surface area contributed by atoms with Crippen LogP contribution < -0.4 is 10.1 Å². The molecular formula is C8H10N2O6. The Labute approximate surface area is 89.8 Å². The number of aromatic nitrogens is 1. The highest BCUT2D eigenvalue weighted by atomic mass is 16.5. The van der Waals surface area contributed by atoms with Crippen molar-refractivity contribution in [3.63, 3.8) is 0 Å². The number of hydrogen-bond acceptors (Lipinski definition) is 6. The number of carbonyl (C=O) groups excluding carboxylic acids is 1. The van der Waals surface area contributed by atoms with Gasteiger partial charge in [0.15, 0.2) is 5.56 Å². The average Bonchev–Trinajstić information content (AvgIpc) is 2.56. The highest BCUT2D eigenvalue weighted by Crippen LogP contribution is 2.25. The third-order valence-electron chi connectivity index (χ3n) is 1.49. The molecule has 0 spiro atoms. The molecule has 3 N–H and O–H groups in total. The Bertz CT molecular complexity index is 399. The van der Waals surface area contributed by atoms with Crippen LogP contribution in [-0.4, -0.2) is 40.5 Å². The van der Waals surface area contributed by atoms with Gasteiger partial charge in [-0.3, -0.25) is 10.1 Å². The summed E-state index contributed by atoms with van der Waals surface area (Å²) in [5, 5.41) is 22.8. The van der Waals surface area contributed by atoms with Crippen LogP contribution in [0.4, 0.5) is 5.88 Å². The molecule has 1 aromatic heterocycles. The Kier molecular flexibility index (Phi) is 3.84. The quantitative estimate of drug-likeness (QED) is 0.634. The molecule has 0 fully saturated rings. The van der Waals surface area contributed by atoms with Gasteiger partial charge in [-0.25, -0.2) is 4.79 Å². The molecule has 0 radical (unpaired) electrons. The van der Waals surface area contributed by atoms with E-state index in [0.29, 0.717) is 0 Å². The maximum atomic E-state index is 10.9. The number of carboxylic acid groups (broad SMARTS) is 1. The highest BCUT2D eigenvalue weighted by molar-refractivity contribution is 5.99. The van der Waals surface area contributed by atoms with Crippen molar-refractivity contribution in [3.05, 3.63) is 5.56 Å². The lowest BCUT2D eigenvalue weighted by Gasteiger charge is -2.00. The van der Waals surface area contributed by atoms with Crippen molar-refractivity contribution >= 4 is 17.8 Å². The summed E-state index contributed by atoms with van der Waals surface area (Å²) in [6, 6.07) is 0. The maximum Gasteiger partial charge on any atom is 0.347 e. The molecule has 0 bridgehead atoms. The molecule has 0 saturated carbocycles. The first kappa shape index (κ1) is 12.0. The summed E-state index contributed by atoms with van der Waals surface area (Å²) in [6.07, 6.45) is 0. The Morgan fingerprint density at radius 2 is 2.25 bits per heavy atom. The lowest BCUT2D eigenvalue weighted by Crippen LogP contribution is -2.10. The van der Waals surface area contributed by atoms with Crippen LogP contribution in [0.25, 0.3) is 0 Å². The summed E-state index contributed by atoms with van der Waals surface area (Å²) in [7, 11) is 0. The predicted octanol–water partition coefficient (Wildman–Crippen LogP) is -0.298. The molecule has 0 unspecified atom stereocenters. The van der Waals surface area contributed by atoms with Gasteiger partial charge in [0.05, 0.1) is 6.61 Å². The molecule has 1 heterocycles. The first-order chi connectivity index (χ1) is 7.56. The predicted molar refractivity (Wildman–Crippen MR) is 50.3 cm³/mol. The third-order valence-corrected chi connectivity index (χ3v) is 1.49. The molecule has 0 aromatic carbocycles. The number of carboxylic acids is 1. The van der Waals surface area contributed by atoms with E-state index >= 15 is 0 Å². The lowest BCUT2D eigenvalue weighted by atomic mass is 10.3. The standard InChI is InChI=1S/C8H10N2O6/c1-4(12)9-6-5(8(13)14)7(10-16-6)15-3-2-11/h11H,2-3H2,1H3,(H,9,12)(H,13,14). The van der Waals surface area contributed by atoms with E-state index in [9.17, 15) is 9.59 Å². The molecule has 0 saturated heterocycles. The molecule has 1 amide bonds. The van der Waals surface area contributed by atoms with Gasteiger partial charge in [0, 0.05) is 6.92 Å². The maximum absolute atomic E-state index is 10.9. The van der Waals surface area contributed by atoms with E-state index < -0.39 is 11.9 Å². The third kappa shape index (κ3) is 2.70. The van der Waals surface area contributed by atoms with E-state index in [4.69, 9.17) is 14.9 Å². The second-order valence-electron chi connectivity index (χ2n) is 2.75. The number of hydrogen-bond donors (Lipinski definition) is 3. The highest BCUT2D eigenvalue weighted by Gasteiger charge is 2.24. The molecule has 1 aromatic rings. The number of ether oxygens (including phenoxy) is 1. The minimum Gasteiger partial charge on any atom is -0.477 e. The summed E-state index contributed by atoms with van der Waals surface area (Å²) in [5.41, 5.74) is -0.386. The van der Waals surface area contributed by atoms with Gasteiger partial charge in [0.25, 0.3) is 5.88 Å². The number of aliphatic hydroxyl groups is 1. The first-order valence-electron chi connectivity index (χ1n) is 4.30. The van der Waals surface area contributed by atoms with Crippen molar-refractivity contribution in [1.29, 1.82) is 0 Å². The SMILES string of the molecule is CC(=O)Nc1onc(OCCO)c1C(=O)O. The number of aromatic carboxylic acids is 1. The van der Waals surface area contributed by atoms with Crippen molar-refractivity contribution < 1.29 is 29.1 Å². The fourth-order valence-electron chi connectivity index (χ4n) is 0.950. The van der Waals surface area contributed by atoms with E-state index in [1.54, 1.807) is 0 Å². The largest absolute Gasteiger partial charge is 0.477 e. The van der Waals surface area contributed by atoms with Crippen molar-refractivity contribution in [1.82, 2.24) is 5.16 Å². The van der Waals surface area contributed by atoms with Crippen LogP contribution in [0.2, 0.25) is 0 Å². The van der Waals surface area contributed by atoms with Crippen molar-refractivity contribution in [2.24, 2.45) is 0 Å². The van der Waals surface area contributed by atoms with Crippen molar-refractivity contribution in [2.75, 3.05) is 18.5 Å². The summed E-state index contributed by atoms with van der Waals surface area (Å²) in [4.78, 5) is 21.6. The van der Waals surface area contributed by atoms with Crippen LogP contribution >= 0.6 is 0 Å². The average molecular weight is 230 g/mol. The summed E-state index contributed by atoms with van der Waals surface area (Å²) in [6.45, 7) is 0.788. The Morgan fingerprint density at radius 3 is 2.75 bits per heavy atom. The molecular weight excluding hydrogens is 220 g/mol. The number of anilines is 1. The summed E-state index contributed by atoms with van der Waals surface area (Å²) >= 11 is 0. The van der Waals surface area contributed by atoms with Gasteiger partial charge in [-0.2, -0.15) is 0 Å². The molecule has 0 atom stereocenters. The fourth-order valence-corrected chi connectivity index (χ4v) is 0.950. The molecule has 0 aliphatic carbocycles. The van der Waals surface area contributed by atoms with Gasteiger partial charge in [0.1, 0.15) is 6.61 Å². The van der Waals surface area contributed by atoms with Gasteiger partial charge < -0.3 is 19.5 Å². The van der Waals surface area contributed by atoms with Crippen LogP contribution in [0.15, 0.2) is 4.52 Å². The molecule has 16 heavy (non-hydrogen) atoms. The minimum absolute atomic E-state index is 0.119. The number of aliphatic hydroxyl groups excluding tert-OH is 1. The smallest absolute Gasteiger partial charge is 0.347 e. The number of amides is 1. The normalized spacial score (nSPS) is 9.88. The number of carbonyl (C=O) groups is 2. The van der Waals surface area contributed by atoms with Gasteiger partial charge in [-0.05, 0) is 5.16 Å². The number of nitrogens with zero attached hydrogens (tertiary/aromatic N) is 1. The summed E-state index contributed by atoms with van der Waals surface area (Å²) in [5.74, 6) is -2.43. The van der Waals surface area contributed by atoms with E-state index in [2.05, 4.69) is 15.0 Å². The monoisotopic (exact) mass is 230 g/mol. The molecule has 0 aliphatic heterocycles. The zero-order chi connectivity index (χ0) is 12.1. The zero-order valence-corrected chi connectivity index (χ0v) is 8.39.